The van der Waals surface area contributed by atoms with Crippen molar-refractivity contribution in [2.45, 2.75) is 75.2 Å². The van der Waals surface area contributed by atoms with Crippen LogP contribution in [-0.2, 0) is 30.3 Å². The number of aliphatic carboxylic acids is 1. The Morgan fingerprint density at radius 1 is 1.27 bits per heavy atom. The van der Waals surface area contributed by atoms with Crippen LogP contribution in [0.1, 0.15) is 38.2 Å². The normalized spacial score (nSPS) is 36.3. The zero-order valence-corrected chi connectivity index (χ0v) is 14.7. The summed E-state index contributed by atoms with van der Waals surface area (Å²) in [5.41, 5.74) is 0.944. The Kier molecular flexibility index (Phi) is 4.53. The number of rotatable bonds is 5. The van der Waals surface area contributed by atoms with E-state index in [2.05, 4.69) is 0 Å². The molecule has 4 rings (SSSR count). The van der Waals surface area contributed by atoms with E-state index in [1.165, 1.54) is 0 Å². The molecule has 3 fully saturated rings. The molecule has 26 heavy (non-hydrogen) atoms. The van der Waals surface area contributed by atoms with Crippen LogP contribution in [0, 0.1) is 0 Å². The lowest BCUT2D eigenvalue weighted by molar-refractivity contribution is -0.276. The van der Waals surface area contributed by atoms with Gasteiger partial charge < -0.3 is 29.2 Å². The van der Waals surface area contributed by atoms with Crippen molar-refractivity contribution in [3.63, 3.8) is 0 Å². The van der Waals surface area contributed by atoms with E-state index in [0.29, 0.717) is 0 Å². The number of fused-ring (bicyclic) bond motifs is 1. The second-order valence-electron chi connectivity index (χ2n) is 7.40. The number of ether oxygens (including phenoxy) is 4. The van der Waals surface area contributed by atoms with Crippen molar-refractivity contribution >= 4 is 5.97 Å². The highest BCUT2D eigenvalue weighted by atomic mass is 16.9. The van der Waals surface area contributed by atoms with Crippen LogP contribution < -0.4 is 0 Å². The summed E-state index contributed by atoms with van der Waals surface area (Å²) in [4.78, 5) is 11.3. The third-order valence-electron chi connectivity index (χ3n) is 5.45. The van der Waals surface area contributed by atoms with E-state index in [4.69, 9.17) is 18.9 Å². The molecule has 2 saturated heterocycles. The molecule has 0 amide bonds. The van der Waals surface area contributed by atoms with Gasteiger partial charge in [0.15, 0.2) is 17.7 Å². The van der Waals surface area contributed by atoms with Crippen LogP contribution in [0.5, 0.6) is 0 Å². The minimum absolute atomic E-state index is 0.265. The fourth-order valence-electron chi connectivity index (χ4n) is 4.22. The van der Waals surface area contributed by atoms with Gasteiger partial charge in [-0.2, -0.15) is 0 Å². The van der Waals surface area contributed by atoms with Crippen LogP contribution in [0.4, 0.5) is 0 Å². The third kappa shape index (κ3) is 3.04. The van der Waals surface area contributed by atoms with E-state index in [1.54, 1.807) is 6.92 Å². The average molecular weight is 364 g/mol. The van der Waals surface area contributed by atoms with Crippen molar-refractivity contribution in [1.82, 2.24) is 0 Å². The minimum Gasteiger partial charge on any atom is -0.479 e. The van der Waals surface area contributed by atoms with Gasteiger partial charge in [-0.3, -0.25) is 0 Å². The molecule has 3 aliphatic rings. The summed E-state index contributed by atoms with van der Waals surface area (Å²) in [7, 11) is 0. The van der Waals surface area contributed by atoms with Gasteiger partial charge in [0.2, 0.25) is 0 Å². The molecule has 1 aliphatic carbocycles. The molecule has 0 unspecified atom stereocenters. The Morgan fingerprint density at radius 3 is 2.62 bits per heavy atom. The number of carboxylic acids is 1. The van der Waals surface area contributed by atoms with Crippen molar-refractivity contribution < 1.29 is 34.0 Å². The number of hydrogen-bond donors (Lipinski definition) is 2. The molecule has 2 aliphatic heterocycles. The maximum Gasteiger partial charge on any atom is 0.335 e. The highest BCUT2D eigenvalue weighted by Gasteiger charge is 2.67. The Bertz CT molecular complexity index is 657. The molecule has 7 heteroatoms. The van der Waals surface area contributed by atoms with Crippen LogP contribution in [0.15, 0.2) is 30.3 Å². The fraction of sp³-hybridized carbons (Fsp3) is 0.632. The first kappa shape index (κ1) is 17.9. The van der Waals surface area contributed by atoms with Gasteiger partial charge in [-0.25, -0.2) is 4.79 Å². The van der Waals surface area contributed by atoms with Crippen LogP contribution in [0.3, 0.4) is 0 Å². The molecular weight excluding hydrogens is 340 g/mol. The highest BCUT2D eigenvalue weighted by molar-refractivity contribution is 5.73. The summed E-state index contributed by atoms with van der Waals surface area (Å²) in [6, 6.07) is 9.55. The summed E-state index contributed by atoms with van der Waals surface area (Å²) in [5.74, 6) is -3.18. The summed E-state index contributed by atoms with van der Waals surface area (Å²) in [6.45, 7) is 2.00. The number of aliphatic hydroxyl groups excluding tert-OH is 1. The molecule has 0 radical (unpaired) electrons. The van der Waals surface area contributed by atoms with Gasteiger partial charge in [-0.15, -0.1) is 0 Å². The van der Waals surface area contributed by atoms with Gasteiger partial charge >= 0.3 is 5.97 Å². The van der Waals surface area contributed by atoms with E-state index >= 15 is 0 Å². The van der Waals surface area contributed by atoms with Crippen molar-refractivity contribution in [1.29, 1.82) is 0 Å². The zero-order chi connectivity index (χ0) is 18.4. The van der Waals surface area contributed by atoms with Gasteiger partial charge in [0.25, 0.3) is 0 Å². The molecule has 2 heterocycles. The average Bonchev–Trinajstić information content (AvgIpc) is 3.25. The maximum atomic E-state index is 11.3. The van der Waals surface area contributed by atoms with Crippen LogP contribution in [0.2, 0.25) is 0 Å². The molecule has 1 aromatic carbocycles. The summed E-state index contributed by atoms with van der Waals surface area (Å²) >= 11 is 0. The number of carbonyl (C=O) groups is 1. The van der Waals surface area contributed by atoms with Gasteiger partial charge in [-0.1, -0.05) is 30.3 Å². The van der Waals surface area contributed by atoms with Gasteiger partial charge in [0.05, 0.1) is 6.61 Å². The lowest BCUT2D eigenvalue weighted by Gasteiger charge is -2.29. The molecule has 142 valence electrons. The Hall–Kier alpha value is -1.51. The number of benzene rings is 1. The van der Waals surface area contributed by atoms with Crippen molar-refractivity contribution in [3.8, 4) is 0 Å². The summed E-state index contributed by atoms with van der Waals surface area (Å²) < 4.78 is 24.2. The van der Waals surface area contributed by atoms with E-state index in [1.807, 2.05) is 30.3 Å². The summed E-state index contributed by atoms with van der Waals surface area (Å²) in [5, 5.41) is 19.3. The van der Waals surface area contributed by atoms with Crippen molar-refractivity contribution in [3.05, 3.63) is 35.9 Å². The number of carboxylic acid groups (broad SMARTS) is 1. The molecular formula is C19H24O7. The first-order chi connectivity index (χ1) is 12.4. The molecule has 1 saturated carbocycles. The molecule has 1 aromatic rings. The first-order valence-corrected chi connectivity index (χ1v) is 9.05. The van der Waals surface area contributed by atoms with E-state index < -0.39 is 42.0 Å². The molecule has 2 N–H and O–H groups in total. The Labute approximate surface area is 151 Å². The molecule has 0 aromatic heterocycles. The van der Waals surface area contributed by atoms with Crippen LogP contribution >= 0.6 is 0 Å². The SMILES string of the molecule is C[C@]12O[C@@H]([C@H](O)C(=O)O)[C@@H](OCc3ccccc3)[C@@H]1OC1(CCCC1)O2. The second kappa shape index (κ2) is 6.58. The van der Waals surface area contributed by atoms with Crippen LogP contribution in [-0.4, -0.2) is 52.2 Å². The largest absolute Gasteiger partial charge is 0.479 e. The predicted molar refractivity (Wildman–Crippen MR) is 89.1 cm³/mol. The van der Waals surface area contributed by atoms with E-state index in [9.17, 15) is 15.0 Å². The van der Waals surface area contributed by atoms with Gasteiger partial charge in [0, 0.05) is 12.8 Å². The predicted octanol–water partition coefficient (Wildman–Crippen LogP) is 1.82. The Balaban J connectivity index is 1.56. The van der Waals surface area contributed by atoms with Gasteiger partial charge in [-0.05, 0) is 25.3 Å². The summed E-state index contributed by atoms with van der Waals surface area (Å²) in [6.07, 6.45) is -0.538. The monoisotopic (exact) mass is 364 g/mol. The van der Waals surface area contributed by atoms with E-state index in [-0.39, 0.29) is 6.61 Å². The number of aliphatic hydroxyl groups is 1. The smallest absolute Gasteiger partial charge is 0.335 e. The molecule has 5 atom stereocenters. The maximum absolute atomic E-state index is 11.3. The lowest BCUT2D eigenvalue weighted by atomic mass is 10.0. The topological polar surface area (TPSA) is 94.5 Å². The van der Waals surface area contributed by atoms with Gasteiger partial charge in [0.1, 0.15) is 18.3 Å². The Morgan fingerprint density at radius 2 is 1.96 bits per heavy atom. The minimum atomic E-state index is -1.72. The van der Waals surface area contributed by atoms with Crippen molar-refractivity contribution in [2.24, 2.45) is 0 Å². The standard InChI is InChI=1S/C19H24O7/c1-18-16(25-19(26-18)9-5-6-10-19)15(14(24-18)13(20)17(21)22)23-11-12-7-3-2-4-8-12/h2-4,7-8,13-16,20H,5-6,9-11H2,1H3,(H,21,22)/t13-,14-,15+,16-,18+/m0/s1. The molecule has 1 spiro atoms. The molecule has 7 nitrogen and oxygen atoms in total. The highest BCUT2D eigenvalue weighted by Crippen LogP contribution is 2.52. The number of hydrogen-bond acceptors (Lipinski definition) is 6. The fourth-order valence-corrected chi connectivity index (χ4v) is 4.22. The lowest BCUT2D eigenvalue weighted by Crippen LogP contribution is -2.46. The van der Waals surface area contributed by atoms with Crippen molar-refractivity contribution in [2.75, 3.05) is 0 Å². The van der Waals surface area contributed by atoms with E-state index in [0.717, 1.165) is 31.2 Å². The molecule has 0 bridgehead atoms. The quantitative estimate of drug-likeness (QED) is 0.823. The zero-order valence-electron chi connectivity index (χ0n) is 14.7. The van der Waals surface area contributed by atoms with Crippen LogP contribution in [0.25, 0.3) is 0 Å². The first-order valence-electron chi connectivity index (χ1n) is 9.05. The third-order valence-corrected chi connectivity index (χ3v) is 5.45. The second-order valence-corrected chi connectivity index (χ2v) is 7.40.